The molecule has 0 fully saturated rings. The summed E-state index contributed by atoms with van der Waals surface area (Å²) in [5.74, 6) is -1.45. The smallest absolute Gasteiger partial charge is 0.339 e. The molecule has 1 N–H and O–H groups in total. The monoisotopic (exact) mass is 382 g/mol. The van der Waals surface area contributed by atoms with Gasteiger partial charge in [0.2, 0.25) is 0 Å². The first-order valence-corrected chi connectivity index (χ1v) is 8.20. The Morgan fingerprint density at radius 1 is 1.25 bits per heavy atom. The molecule has 2 aromatic carbocycles. The van der Waals surface area contributed by atoms with Gasteiger partial charge in [-0.05, 0) is 37.3 Å². The van der Waals surface area contributed by atoms with Crippen molar-refractivity contribution < 1.29 is 19.2 Å². The summed E-state index contributed by atoms with van der Waals surface area (Å²) in [5.41, 5.74) is 0.812. The Bertz CT molecular complexity index is 965. The molecule has 0 aromatic heterocycles. The second kappa shape index (κ2) is 8.64. The number of carbonyl (C=O) groups excluding carboxylic acids is 2. The lowest BCUT2D eigenvalue weighted by atomic mass is 10.1. The van der Waals surface area contributed by atoms with Crippen molar-refractivity contribution in [2.75, 3.05) is 24.3 Å². The third-order valence-corrected chi connectivity index (χ3v) is 3.80. The number of nitrogens with one attached hydrogen (secondary N) is 1. The van der Waals surface area contributed by atoms with E-state index in [4.69, 9.17) is 10.00 Å². The number of esters is 1. The van der Waals surface area contributed by atoms with Crippen LogP contribution >= 0.6 is 0 Å². The second-order valence-corrected chi connectivity index (χ2v) is 6.08. The fourth-order valence-electron chi connectivity index (χ4n) is 2.37. The first kappa shape index (κ1) is 20.4. The van der Waals surface area contributed by atoms with Crippen molar-refractivity contribution in [3.63, 3.8) is 0 Å². The Hall–Kier alpha value is -3.93. The average molecular weight is 382 g/mol. The maximum Gasteiger partial charge on any atom is 0.339 e. The lowest BCUT2D eigenvalue weighted by molar-refractivity contribution is -0.384. The predicted octanol–water partition coefficient (Wildman–Crippen LogP) is 2.72. The molecular weight excluding hydrogens is 364 g/mol. The van der Waals surface area contributed by atoms with Gasteiger partial charge in [0, 0.05) is 25.8 Å². The third kappa shape index (κ3) is 4.82. The van der Waals surface area contributed by atoms with E-state index in [-0.39, 0.29) is 11.3 Å². The van der Waals surface area contributed by atoms with Crippen LogP contribution in [0.25, 0.3) is 0 Å². The van der Waals surface area contributed by atoms with Crippen LogP contribution in [0.3, 0.4) is 0 Å². The summed E-state index contributed by atoms with van der Waals surface area (Å²) in [6.07, 6.45) is -1.15. The molecule has 0 aliphatic rings. The van der Waals surface area contributed by atoms with Crippen molar-refractivity contribution in [3.05, 3.63) is 63.7 Å². The van der Waals surface area contributed by atoms with Crippen LogP contribution in [0.1, 0.15) is 22.8 Å². The van der Waals surface area contributed by atoms with E-state index in [9.17, 15) is 19.7 Å². The molecular formula is C19H18N4O5. The number of nitrogens with zero attached hydrogens (tertiary/aromatic N) is 3. The molecule has 144 valence electrons. The number of hydrogen-bond acceptors (Lipinski definition) is 7. The molecule has 28 heavy (non-hydrogen) atoms. The minimum absolute atomic E-state index is 0.0385. The average Bonchev–Trinajstić information content (AvgIpc) is 2.67. The van der Waals surface area contributed by atoms with E-state index in [0.29, 0.717) is 16.9 Å². The largest absolute Gasteiger partial charge is 0.449 e. The van der Waals surface area contributed by atoms with Crippen LogP contribution in [0.2, 0.25) is 0 Å². The minimum atomic E-state index is -1.15. The highest BCUT2D eigenvalue weighted by Crippen LogP contribution is 2.28. The molecule has 0 saturated heterocycles. The Balaban J connectivity index is 2.11. The van der Waals surface area contributed by atoms with Gasteiger partial charge in [-0.2, -0.15) is 5.26 Å². The summed E-state index contributed by atoms with van der Waals surface area (Å²) >= 11 is 0. The van der Waals surface area contributed by atoms with Crippen LogP contribution in [0.15, 0.2) is 42.5 Å². The third-order valence-electron chi connectivity index (χ3n) is 3.80. The van der Waals surface area contributed by atoms with Crippen LogP contribution < -0.4 is 10.2 Å². The molecule has 9 nitrogen and oxygen atoms in total. The quantitative estimate of drug-likeness (QED) is 0.462. The predicted molar refractivity (Wildman–Crippen MR) is 102 cm³/mol. The van der Waals surface area contributed by atoms with Gasteiger partial charge >= 0.3 is 5.97 Å². The first-order chi connectivity index (χ1) is 13.2. The molecule has 0 aliphatic carbocycles. The molecule has 2 aromatic rings. The zero-order valence-electron chi connectivity index (χ0n) is 15.5. The summed E-state index contributed by atoms with van der Waals surface area (Å²) in [4.78, 5) is 36.7. The second-order valence-electron chi connectivity index (χ2n) is 6.08. The number of hydrogen-bond donors (Lipinski definition) is 1. The Kier molecular flexibility index (Phi) is 6.29. The lowest BCUT2D eigenvalue weighted by Gasteiger charge is -2.15. The van der Waals surface area contributed by atoms with E-state index in [2.05, 4.69) is 5.32 Å². The van der Waals surface area contributed by atoms with Crippen LogP contribution in [0, 0.1) is 21.4 Å². The highest BCUT2D eigenvalue weighted by Gasteiger charge is 2.23. The number of nitriles is 1. The van der Waals surface area contributed by atoms with E-state index >= 15 is 0 Å². The van der Waals surface area contributed by atoms with E-state index < -0.39 is 22.9 Å². The molecule has 0 heterocycles. The topological polar surface area (TPSA) is 126 Å². The SMILES string of the molecule is C[C@@H](OC(=O)c1ccc(N(C)C)c([N+](=O)[O-])c1)C(=O)Nc1cccc(C#N)c1. The van der Waals surface area contributed by atoms with E-state index in [1.165, 1.54) is 25.1 Å². The first-order valence-electron chi connectivity index (χ1n) is 8.20. The Labute approximate surface area is 161 Å². The summed E-state index contributed by atoms with van der Waals surface area (Å²) in [7, 11) is 3.29. The molecule has 0 aliphatic heterocycles. The van der Waals surface area contributed by atoms with E-state index in [0.717, 1.165) is 6.07 Å². The van der Waals surface area contributed by atoms with Gasteiger partial charge in [0.05, 0.1) is 22.1 Å². The van der Waals surface area contributed by atoms with Crippen molar-refractivity contribution in [2.24, 2.45) is 0 Å². The molecule has 0 saturated carbocycles. The zero-order chi connectivity index (χ0) is 20.8. The molecule has 2 rings (SSSR count). The summed E-state index contributed by atoms with van der Waals surface area (Å²) in [5, 5.41) is 22.7. The van der Waals surface area contributed by atoms with Gasteiger partial charge in [-0.25, -0.2) is 4.79 Å². The number of benzene rings is 2. The molecule has 0 bridgehead atoms. The fraction of sp³-hybridized carbons (Fsp3) is 0.211. The van der Waals surface area contributed by atoms with E-state index in [1.54, 1.807) is 37.2 Å². The summed E-state index contributed by atoms with van der Waals surface area (Å²) < 4.78 is 5.11. The molecule has 0 unspecified atom stereocenters. The molecule has 1 atom stereocenters. The summed E-state index contributed by atoms with van der Waals surface area (Å²) in [6.45, 7) is 1.38. The van der Waals surface area contributed by atoms with Crippen molar-refractivity contribution in [3.8, 4) is 6.07 Å². The highest BCUT2D eigenvalue weighted by molar-refractivity contribution is 5.98. The van der Waals surface area contributed by atoms with Crippen LogP contribution in [0.5, 0.6) is 0 Å². The molecule has 1 amide bonds. The number of rotatable bonds is 6. The van der Waals surface area contributed by atoms with Crippen LogP contribution in [-0.4, -0.2) is 37.0 Å². The number of ether oxygens (including phenoxy) is 1. The normalized spacial score (nSPS) is 11.1. The van der Waals surface area contributed by atoms with Gasteiger partial charge < -0.3 is 15.0 Å². The minimum Gasteiger partial charge on any atom is -0.449 e. The van der Waals surface area contributed by atoms with Crippen molar-refractivity contribution in [1.82, 2.24) is 0 Å². The van der Waals surface area contributed by atoms with Gasteiger partial charge in [-0.3, -0.25) is 14.9 Å². The van der Waals surface area contributed by atoms with Gasteiger partial charge in [-0.1, -0.05) is 6.07 Å². The summed E-state index contributed by atoms with van der Waals surface area (Å²) in [6, 6.07) is 12.2. The van der Waals surface area contributed by atoms with Gasteiger partial charge in [0.15, 0.2) is 6.10 Å². The molecule has 0 spiro atoms. The standard InChI is InChI=1S/C19H18N4O5/c1-12(18(24)21-15-6-4-5-13(9-15)11-20)28-19(25)14-7-8-16(22(2)3)17(10-14)23(26)27/h4-10,12H,1-3H3,(H,21,24)/t12-/m1/s1. The highest BCUT2D eigenvalue weighted by atomic mass is 16.6. The fourth-order valence-corrected chi connectivity index (χ4v) is 2.37. The maximum atomic E-state index is 12.3. The van der Waals surface area contributed by atoms with Gasteiger partial charge in [0.1, 0.15) is 5.69 Å². The van der Waals surface area contributed by atoms with Crippen molar-refractivity contribution in [2.45, 2.75) is 13.0 Å². The van der Waals surface area contributed by atoms with Crippen molar-refractivity contribution in [1.29, 1.82) is 5.26 Å². The number of carbonyl (C=O) groups is 2. The van der Waals surface area contributed by atoms with Crippen molar-refractivity contribution >= 4 is 28.9 Å². The number of nitro groups is 1. The Morgan fingerprint density at radius 2 is 1.96 bits per heavy atom. The molecule has 9 heteroatoms. The maximum absolute atomic E-state index is 12.3. The number of nitro benzene ring substituents is 1. The van der Waals surface area contributed by atoms with Crippen LogP contribution in [0.4, 0.5) is 17.1 Å². The molecule has 0 radical (unpaired) electrons. The van der Waals surface area contributed by atoms with E-state index in [1.807, 2.05) is 6.07 Å². The van der Waals surface area contributed by atoms with Gasteiger partial charge in [-0.15, -0.1) is 0 Å². The zero-order valence-corrected chi connectivity index (χ0v) is 15.5. The Morgan fingerprint density at radius 3 is 2.57 bits per heavy atom. The number of anilines is 2. The van der Waals surface area contributed by atoms with Crippen LogP contribution in [-0.2, 0) is 9.53 Å². The lowest BCUT2D eigenvalue weighted by Crippen LogP contribution is -2.30. The number of amides is 1. The van der Waals surface area contributed by atoms with Gasteiger partial charge in [0.25, 0.3) is 11.6 Å².